The molecule has 1 aromatic heterocycles. The van der Waals surface area contributed by atoms with Gasteiger partial charge in [-0.05, 0) is 43.0 Å². The maximum absolute atomic E-state index is 11.9. The standard InChI is InChI=1S/C22H25N4O2/c23-22(28)21-19(9-4-10-24-21)26-13-17-12-25(20(15-27)18(17)14-26)11-5-8-16-6-2-1-3-7-16/h1-4,6-10,15,17-18,20H,5,11-14H2,(H2,23,28)/t17?,18?,20-/m1/s1. The van der Waals surface area contributed by atoms with E-state index >= 15 is 0 Å². The summed E-state index contributed by atoms with van der Waals surface area (Å²) < 4.78 is 0. The molecule has 0 saturated carbocycles. The van der Waals surface area contributed by atoms with Gasteiger partial charge in [0.05, 0.1) is 11.7 Å². The Morgan fingerprint density at radius 1 is 1.14 bits per heavy atom. The van der Waals surface area contributed by atoms with Gasteiger partial charge in [0.25, 0.3) is 5.91 Å². The number of carbonyl (C=O) groups is 2. The number of primary amides is 1. The molecule has 1 amide bonds. The van der Waals surface area contributed by atoms with Gasteiger partial charge in [-0.3, -0.25) is 9.69 Å². The van der Waals surface area contributed by atoms with Gasteiger partial charge in [0.1, 0.15) is 6.29 Å². The number of rotatable bonds is 7. The predicted octanol–water partition coefficient (Wildman–Crippen LogP) is 1.76. The van der Waals surface area contributed by atoms with Gasteiger partial charge < -0.3 is 15.4 Å². The SMILES string of the molecule is NC(=O)c1ncccc1N1CC2CN(CC[CH]c3ccccc3)[C@H](C=O)C2C1. The summed E-state index contributed by atoms with van der Waals surface area (Å²) in [6.45, 7) is 3.35. The number of nitrogens with zero attached hydrogens (tertiary/aromatic N) is 3. The topological polar surface area (TPSA) is 79.5 Å². The van der Waals surface area contributed by atoms with Crippen LogP contribution in [0.3, 0.4) is 0 Å². The third-order valence-electron chi connectivity index (χ3n) is 5.92. The van der Waals surface area contributed by atoms with Gasteiger partial charge >= 0.3 is 0 Å². The van der Waals surface area contributed by atoms with Gasteiger partial charge in [-0.1, -0.05) is 30.3 Å². The van der Waals surface area contributed by atoms with Crippen molar-refractivity contribution in [3.63, 3.8) is 0 Å². The first kappa shape index (κ1) is 18.6. The molecule has 3 atom stereocenters. The van der Waals surface area contributed by atoms with E-state index in [0.717, 1.165) is 44.6 Å². The van der Waals surface area contributed by atoms with E-state index in [9.17, 15) is 9.59 Å². The van der Waals surface area contributed by atoms with Gasteiger partial charge in [-0.2, -0.15) is 0 Å². The zero-order valence-electron chi connectivity index (χ0n) is 15.8. The van der Waals surface area contributed by atoms with E-state index < -0.39 is 5.91 Å². The normalized spacial score (nSPS) is 24.3. The van der Waals surface area contributed by atoms with E-state index in [1.54, 1.807) is 6.20 Å². The number of likely N-dealkylation sites (tertiary alicyclic amines) is 1. The Balaban J connectivity index is 1.39. The third-order valence-corrected chi connectivity index (χ3v) is 5.92. The van der Waals surface area contributed by atoms with Gasteiger partial charge in [-0.15, -0.1) is 0 Å². The van der Waals surface area contributed by atoms with Crippen LogP contribution in [0.1, 0.15) is 22.5 Å². The molecule has 28 heavy (non-hydrogen) atoms. The van der Waals surface area contributed by atoms with Crippen LogP contribution in [0.25, 0.3) is 0 Å². The van der Waals surface area contributed by atoms with Crippen molar-refractivity contribution in [2.45, 2.75) is 12.5 Å². The molecule has 2 aromatic rings. The lowest BCUT2D eigenvalue weighted by atomic mass is 9.95. The van der Waals surface area contributed by atoms with E-state index in [-0.39, 0.29) is 12.0 Å². The van der Waals surface area contributed by atoms with Gasteiger partial charge in [0, 0.05) is 31.7 Å². The zero-order chi connectivity index (χ0) is 19.5. The second-order valence-electron chi connectivity index (χ2n) is 7.59. The minimum Gasteiger partial charge on any atom is -0.369 e. The minimum atomic E-state index is -0.516. The second-order valence-corrected chi connectivity index (χ2v) is 7.59. The van der Waals surface area contributed by atoms with Crippen molar-refractivity contribution in [2.75, 3.05) is 31.1 Å². The molecule has 1 aromatic carbocycles. The highest BCUT2D eigenvalue weighted by Crippen LogP contribution is 2.38. The summed E-state index contributed by atoms with van der Waals surface area (Å²) in [5, 5.41) is 0. The van der Waals surface area contributed by atoms with Gasteiger partial charge in [0.2, 0.25) is 0 Å². The van der Waals surface area contributed by atoms with Crippen molar-refractivity contribution in [3.05, 3.63) is 66.3 Å². The fourth-order valence-electron chi connectivity index (χ4n) is 4.62. The molecule has 0 spiro atoms. The number of hydrogen-bond acceptors (Lipinski definition) is 5. The quantitative estimate of drug-likeness (QED) is 0.744. The number of aldehydes is 1. The van der Waals surface area contributed by atoms with Gasteiger partial charge in [0.15, 0.2) is 5.69 Å². The van der Waals surface area contributed by atoms with Crippen molar-refractivity contribution < 1.29 is 9.59 Å². The second kappa shape index (κ2) is 8.10. The predicted molar refractivity (Wildman–Crippen MR) is 108 cm³/mol. The summed E-state index contributed by atoms with van der Waals surface area (Å²) in [5.41, 5.74) is 7.78. The molecule has 2 aliphatic rings. The van der Waals surface area contributed by atoms with E-state index in [2.05, 4.69) is 33.3 Å². The van der Waals surface area contributed by atoms with E-state index in [1.165, 1.54) is 5.56 Å². The number of aromatic nitrogens is 1. The first-order valence-electron chi connectivity index (χ1n) is 9.74. The molecule has 0 bridgehead atoms. The Hall–Kier alpha value is -2.73. The molecule has 0 aliphatic carbocycles. The molecule has 145 valence electrons. The van der Waals surface area contributed by atoms with Crippen LogP contribution >= 0.6 is 0 Å². The molecule has 2 unspecified atom stereocenters. The summed E-state index contributed by atoms with van der Waals surface area (Å²) >= 11 is 0. The molecule has 4 rings (SSSR count). The number of fused-ring (bicyclic) bond motifs is 1. The van der Waals surface area contributed by atoms with E-state index in [0.29, 0.717) is 11.6 Å². The molecule has 2 fully saturated rings. The average Bonchev–Trinajstić information content (AvgIpc) is 3.26. The molecular weight excluding hydrogens is 352 g/mol. The smallest absolute Gasteiger partial charge is 0.269 e. The van der Waals surface area contributed by atoms with E-state index in [4.69, 9.17) is 5.73 Å². The maximum atomic E-state index is 11.9. The molecular formula is C22H25N4O2. The lowest BCUT2D eigenvalue weighted by Gasteiger charge is -2.27. The molecule has 6 heteroatoms. The summed E-state index contributed by atoms with van der Waals surface area (Å²) in [6.07, 6.45) is 5.82. The Labute approximate surface area is 165 Å². The van der Waals surface area contributed by atoms with Crippen LogP contribution in [-0.2, 0) is 4.79 Å². The highest BCUT2D eigenvalue weighted by molar-refractivity contribution is 5.96. The fourth-order valence-corrected chi connectivity index (χ4v) is 4.62. The average molecular weight is 377 g/mol. The third kappa shape index (κ3) is 3.64. The number of amides is 1. The van der Waals surface area contributed by atoms with Crippen LogP contribution in [-0.4, -0.2) is 54.3 Å². The lowest BCUT2D eigenvalue weighted by Crippen LogP contribution is -2.38. The number of anilines is 1. The van der Waals surface area contributed by atoms with Crippen molar-refractivity contribution in [1.29, 1.82) is 0 Å². The Morgan fingerprint density at radius 2 is 1.96 bits per heavy atom. The van der Waals surface area contributed by atoms with Crippen LogP contribution in [0, 0.1) is 18.3 Å². The summed E-state index contributed by atoms with van der Waals surface area (Å²) in [4.78, 5) is 32.2. The summed E-state index contributed by atoms with van der Waals surface area (Å²) in [5.74, 6) is 0.167. The van der Waals surface area contributed by atoms with Gasteiger partial charge in [-0.25, -0.2) is 4.98 Å². The first-order valence-corrected chi connectivity index (χ1v) is 9.74. The van der Waals surface area contributed by atoms with Crippen LogP contribution in [0.2, 0.25) is 0 Å². The fraction of sp³-hybridized carbons (Fsp3) is 0.364. The van der Waals surface area contributed by atoms with Crippen molar-refractivity contribution in [1.82, 2.24) is 9.88 Å². The van der Waals surface area contributed by atoms with Crippen LogP contribution in [0.4, 0.5) is 5.69 Å². The number of hydrogen-bond donors (Lipinski definition) is 1. The molecule has 2 N–H and O–H groups in total. The molecule has 2 saturated heterocycles. The molecule has 6 nitrogen and oxygen atoms in total. The number of carbonyl (C=O) groups excluding carboxylic acids is 2. The van der Waals surface area contributed by atoms with Crippen molar-refractivity contribution in [3.8, 4) is 0 Å². The number of benzene rings is 1. The number of pyridine rings is 1. The summed E-state index contributed by atoms with van der Waals surface area (Å²) in [6, 6.07) is 13.9. The Morgan fingerprint density at radius 3 is 2.71 bits per heavy atom. The Kier molecular flexibility index (Phi) is 5.39. The van der Waals surface area contributed by atoms with Crippen LogP contribution < -0.4 is 10.6 Å². The first-order chi connectivity index (χ1) is 13.7. The van der Waals surface area contributed by atoms with Crippen molar-refractivity contribution in [2.24, 2.45) is 17.6 Å². The van der Waals surface area contributed by atoms with Crippen LogP contribution in [0.15, 0.2) is 48.7 Å². The highest BCUT2D eigenvalue weighted by atomic mass is 16.1. The van der Waals surface area contributed by atoms with E-state index in [1.807, 2.05) is 30.3 Å². The monoisotopic (exact) mass is 377 g/mol. The summed E-state index contributed by atoms with van der Waals surface area (Å²) in [7, 11) is 0. The number of nitrogens with two attached hydrogens (primary N) is 1. The Bertz CT molecular complexity index is 841. The maximum Gasteiger partial charge on any atom is 0.269 e. The van der Waals surface area contributed by atoms with Crippen molar-refractivity contribution >= 4 is 17.9 Å². The molecule has 2 aliphatic heterocycles. The lowest BCUT2D eigenvalue weighted by molar-refractivity contribution is -0.112. The molecule has 1 radical (unpaired) electrons. The van der Waals surface area contributed by atoms with Crippen LogP contribution in [0.5, 0.6) is 0 Å². The largest absolute Gasteiger partial charge is 0.369 e. The minimum absolute atomic E-state index is 0.0760. The molecule has 3 heterocycles. The zero-order valence-corrected chi connectivity index (χ0v) is 15.8. The highest BCUT2D eigenvalue weighted by Gasteiger charge is 2.47.